The molecule has 0 bridgehead atoms. The number of thiophene rings is 1. The number of benzene rings is 2. The molecule has 1 atom stereocenters. The fourth-order valence-corrected chi connectivity index (χ4v) is 5.11. The van der Waals surface area contributed by atoms with E-state index in [0.29, 0.717) is 29.5 Å². The summed E-state index contributed by atoms with van der Waals surface area (Å²) in [5.74, 6) is 0.493. The Bertz CT molecular complexity index is 1100. The molecule has 7 heteroatoms. The first-order chi connectivity index (χ1) is 15.9. The molecule has 0 saturated heterocycles. The van der Waals surface area contributed by atoms with Crippen molar-refractivity contribution in [2.45, 2.75) is 32.4 Å². The van der Waals surface area contributed by atoms with Crippen molar-refractivity contribution in [3.63, 3.8) is 0 Å². The molecule has 33 heavy (non-hydrogen) atoms. The second kappa shape index (κ2) is 10.4. The first kappa shape index (κ1) is 23.3. The Morgan fingerprint density at radius 2 is 1.85 bits per heavy atom. The number of carbonyl (C=O) groups is 2. The Balaban J connectivity index is 1.52. The molecule has 0 saturated carbocycles. The number of hydrogen-bond donors (Lipinski definition) is 0. The first-order valence-electron chi connectivity index (χ1n) is 11.0. The average Bonchev–Trinajstić information content (AvgIpc) is 3.31. The van der Waals surface area contributed by atoms with Gasteiger partial charge in [-0.3, -0.25) is 9.59 Å². The third kappa shape index (κ3) is 5.40. The highest BCUT2D eigenvalue weighted by Gasteiger charge is 2.34. The SMILES string of the molecule is CC(C)N(CC(=O)N1CCc2sccc2[C@@H]1COc1ccc(Cl)cc1)C(=O)c1ccccc1. The van der Waals surface area contributed by atoms with Gasteiger partial charge in [0.25, 0.3) is 5.91 Å². The highest BCUT2D eigenvalue weighted by atomic mass is 35.5. The Kier molecular flexibility index (Phi) is 7.36. The van der Waals surface area contributed by atoms with Gasteiger partial charge in [0.1, 0.15) is 18.9 Å². The van der Waals surface area contributed by atoms with E-state index in [0.717, 1.165) is 12.0 Å². The van der Waals surface area contributed by atoms with Crippen molar-refractivity contribution in [2.75, 3.05) is 19.7 Å². The molecule has 0 aliphatic carbocycles. The van der Waals surface area contributed by atoms with Gasteiger partial charge in [-0.25, -0.2) is 0 Å². The second-order valence-corrected chi connectivity index (χ2v) is 9.75. The zero-order chi connectivity index (χ0) is 23.4. The Labute approximate surface area is 203 Å². The summed E-state index contributed by atoms with van der Waals surface area (Å²) < 4.78 is 6.05. The normalized spacial score (nSPS) is 15.3. The number of nitrogens with zero attached hydrogens (tertiary/aromatic N) is 2. The summed E-state index contributed by atoms with van der Waals surface area (Å²) >= 11 is 7.69. The molecule has 2 amide bonds. The van der Waals surface area contributed by atoms with E-state index in [-0.39, 0.29) is 30.4 Å². The van der Waals surface area contributed by atoms with Crippen LogP contribution in [0.3, 0.4) is 0 Å². The maximum absolute atomic E-state index is 13.5. The molecule has 3 aromatic rings. The molecular weight excluding hydrogens is 456 g/mol. The summed E-state index contributed by atoms with van der Waals surface area (Å²) in [6.45, 7) is 4.84. The lowest BCUT2D eigenvalue weighted by Crippen LogP contribution is -2.49. The van der Waals surface area contributed by atoms with E-state index >= 15 is 0 Å². The molecule has 2 heterocycles. The van der Waals surface area contributed by atoms with Crippen LogP contribution >= 0.6 is 22.9 Å². The number of fused-ring (bicyclic) bond motifs is 1. The van der Waals surface area contributed by atoms with Crippen LogP contribution in [-0.4, -0.2) is 47.4 Å². The average molecular weight is 483 g/mol. The number of carbonyl (C=O) groups excluding carboxylic acids is 2. The van der Waals surface area contributed by atoms with E-state index in [1.54, 1.807) is 40.5 Å². The van der Waals surface area contributed by atoms with Crippen LogP contribution in [0.2, 0.25) is 5.02 Å². The molecule has 5 nitrogen and oxygen atoms in total. The molecule has 0 fully saturated rings. The number of amides is 2. The maximum atomic E-state index is 13.5. The van der Waals surface area contributed by atoms with E-state index < -0.39 is 0 Å². The number of hydrogen-bond acceptors (Lipinski definition) is 4. The summed E-state index contributed by atoms with van der Waals surface area (Å²) in [5, 5.41) is 2.71. The van der Waals surface area contributed by atoms with Crippen molar-refractivity contribution < 1.29 is 14.3 Å². The van der Waals surface area contributed by atoms with E-state index in [4.69, 9.17) is 16.3 Å². The van der Waals surface area contributed by atoms with Crippen LogP contribution in [0.1, 0.15) is 40.7 Å². The van der Waals surface area contributed by atoms with Crippen LogP contribution in [0, 0.1) is 0 Å². The number of halogens is 1. The largest absolute Gasteiger partial charge is 0.491 e. The lowest BCUT2D eigenvalue weighted by atomic mass is 10.00. The molecule has 0 N–H and O–H groups in total. The van der Waals surface area contributed by atoms with Crippen LogP contribution in [-0.2, 0) is 11.2 Å². The van der Waals surface area contributed by atoms with Gasteiger partial charge in [-0.15, -0.1) is 11.3 Å². The zero-order valence-electron chi connectivity index (χ0n) is 18.7. The number of ether oxygens (including phenoxy) is 1. The van der Waals surface area contributed by atoms with Crippen molar-refractivity contribution in [1.82, 2.24) is 9.80 Å². The zero-order valence-corrected chi connectivity index (χ0v) is 20.3. The minimum absolute atomic E-state index is 0.0301. The van der Waals surface area contributed by atoms with Crippen molar-refractivity contribution in [1.29, 1.82) is 0 Å². The second-order valence-electron chi connectivity index (χ2n) is 8.31. The molecule has 0 spiro atoms. The van der Waals surface area contributed by atoms with Crippen molar-refractivity contribution >= 4 is 34.8 Å². The summed E-state index contributed by atoms with van der Waals surface area (Å²) in [4.78, 5) is 31.4. The van der Waals surface area contributed by atoms with E-state index in [1.807, 2.05) is 49.1 Å². The summed E-state index contributed by atoms with van der Waals surface area (Å²) in [5.41, 5.74) is 1.71. The fourth-order valence-electron chi connectivity index (χ4n) is 4.05. The van der Waals surface area contributed by atoms with Gasteiger partial charge in [0.15, 0.2) is 0 Å². The smallest absolute Gasteiger partial charge is 0.254 e. The first-order valence-corrected chi connectivity index (χ1v) is 12.3. The Morgan fingerprint density at radius 3 is 2.55 bits per heavy atom. The third-order valence-electron chi connectivity index (χ3n) is 5.85. The molecular formula is C26H27ClN2O3S. The monoisotopic (exact) mass is 482 g/mol. The van der Waals surface area contributed by atoms with Crippen molar-refractivity contribution in [3.05, 3.63) is 87.1 Å². The Hall–Kier alpha value is -2.83. The topological polar surface area (TPSA) is 49.9 Å². The van der Waals surface area contributed by atoms with Crippen molar-refractivity contribution in [2.24, 2.45) is 0 Å². The quantitative estimate of drug-likeness (QED) is 0.449. The van der Waals surface area contributed by atoms with Crippen LogP contribution in [0.5, 0.6) is 5.75 Å². The van der Waals surface area contributed by atoms with Gasteiger partial charge in [0, 0.05) is 28.0 Å². The van der Waals surface area contributed by atoms with E-state index in [2.05, 4.69) is 11.4 Å². The minimum atomic E-state index is -0.205. The Morgan fingerprint density at radius 1 is 1.12 bits per heavy atom. The van der Waals surface area contributed by atoms with Crippen molar-refractivity contribution in [3.8, 4) is 5.75 Å². The fraction of sp³-hybridized carbons (Fsp3) is 0.308. The molecule has 0 unspecified atom stereocenters. The molecule has 2 aromatic carbocycles. The van der Waals surface area contributed by atoms with Crippen LogP contribution in [0.4, 0.5) is 0 Å². The summed E-state index contributed by atoms with van der Waals surface area (Å²) in [6.07, 6.45) is 0.810. The minimum Gasteiger partial charge on any atom is -0.491 e. The van der Waals surface area contributed by atoms with E-state index in [1.165, 1.54) is 4.88 Å². The molecule has 1 aromatic heterocycles. The predicted octanol–water partition coefficient (Wildman–Crippen LogP) is 5.46. The van der Waals surface area contributed by atoms with Gasteiger partial charge < -0.3 is 14.5 Å². The summed E-state index contributed by atoms with van der Waals surface area (Å²) in [6, 6.07) is 18.1. The van der Waals surface area contributed by atoms with Gasteiger partial charge in [0.2, 0.25) is 5.91 Å². The van der Waals surface area contributed by atoms with Gasteiger partial charge in [0.05, 0.1) is 6.04 Å². The molecule has 172 valence electrons. The molecule has 0 radical (unpaired) electrons. The van der Waals surface area contributed by atoms with Gasteiger partial charge in [-0.1, -0.05) is 29.8 Å². The highest BCUT2D eigenvalue weighted by Crippen LogP contribution is 2.34. The lowest BCUT2D eigenvalue weighted by Gasteiger charge is -2.37. The van der Waals surface area contributed by atoms with Crippen LogP contribution in [0.25, 0.3) is 0 Å². The molecule has 4 rings (SSSR count). The van der Waals surface area contributed by atoms with E-state index in [9.17, 15) is 9.59 Å². The molecule has 1 aliphatic heterocycles. The lowest BCUT2D eigenvalue weighted by molar-refractivity contribution is -0.136. The third-order valence-corrected chi connectivity index (χ3v) is 7.10. The standard InChI is InChI=1S/C26H27ClN2O3S/c1-18(2)29(26(31)19-6-4-3-5-7-19)16-25(30)28-14-12-24-22(13-15-33-24)23(28)17-32-21-10-8-20(27)9-11-21/h3-11,13,15,18,23H,12,14,16-17H2,1-2H3/t23-/m0/s1. The van der Waals surface area contributed by atoms with Gasteiger partial charge in [-0.05, 0) is 73.7 Å². The predicted molar refractivity (Wildman–Crippen MR) is 132 cm³/mol. The molecule has 1 aliphatic rings. The van der Waals surface area contributed by atoms with Gasteiger partial charge in [-0.2, -0.15) is 0 Å². The summed E-state index contributed by atoms with van der Waals surface area (Å²) in [7, 11) is 0. The maximum Gasteiger partial charge on any atom is 0.254 e. The van der Waals surface area contributed by atoms with Crippen LogP contribution in [0.15, 0.2) is 66.0 Å². The van der Waals surface area contributed by atoms with Crippen LogP contribution < -0.4 is 4.74 Å². The number of rotatable bonds is 7. The van der Waals surface area contributed by atoms with Gasteiger partial charge >= 0.3 is 0 Å². The highest BCUT2D eigenvalue weighted by molar-refractivity contribution is 7.10.